The molecule has 0 unspecified atom stereocenters. The Morgan fingerprint density at radius 3 is 2.48 bits per heavy atom. The van der Waals surface area contributed by atoms with Gasteiger partial charge in [0.25, 0.3) is 11.6 Å². The van der Waals surface area contributed by atoms with Crippen LogP contribution >= 0.6 is 34.5 Å². The van der Waals surface area contributed by atoms with Gasteiger partial charge >= 0.3 is 0 Å². The molecule has 0 radical (unpaired) electrons. The topological polar surface area (TPSA) is 92.6 Å². The number of hydrogen-bond donors (Lipinski definition) is 1. The monoisotopic (exact) mass is 451 g/mol. The van der Waals surface area contributed by atoms with Gasteiger partial charge in [-0.15, -0.1) is 11.3 Å². The molecule has 0 atom stereocenters. The second kappa shape index (κ2) is 8.77. The molecule has 0 spiro atoms. The van der Waals surface area contributed by atoms with Crippen LogP contribution in [0.2, 0.25) is 10.0 Å². The fourth-order valence-electron chi connectivity index (χ4n) is 2.70. The lowest BCUT2D eigenvalue weighted by Gasteiger charge is -2.20. The van der Waals surface area contributed by atoms with Crippen molar-refractivity contribution in [2.24, 2.45) is 0 Å². The number of fused-ring (bicyclic) bond motifs is 1. The summed E-state index contributed by atoms with van der Waals surface area (Å²) < 4.78 is 0.752. The number of amides is 2. The number of halogens is 2. The molecule has 29 heavy (non-hydrogen) atoms. The molecule has 0 fully saturated rings. The van der Waals surface area contributed by atoms with Crippen molar-refractivity contribution in [3.63, 3.8) is 0 Å². The van der Waals surface area contributed by atoms with E-state index in [0.29, 0.717) is 32.5 Å². The number of anilines is 1. The molecule has 1 N–H and O–H groups in total. The van der Waals surface area contributed by atoms with Crippen molar-refractivity contribution in [3.05, 3.63) is 67.5 Å². The number of non-ortho nitro benzene ring substituents is 1. The van der Waals surface area contributed by atoms with Crippen LogP contribution in [0.1, 0.15) is 16.6 Å². The summed E-state index contributed by atoms with van der Waals surface area (Å²) in [5, 5.41) is 14.8. The molecule has 0 aliphatic carbocycles. The van der Waals surface area contributed by atoms with E-state index in [0.717, 1.165) is 4.70 Å². The van der Waals surface area contributed by atoms with Crippen molar-refractivity contribution in [1.29, 1.82) is 0 Å². The molecule has 1 aromatic heterocycles. The Labute approximate surface area is 180 Å². The van der Waals surface area contributed by atoms with Crippen LogP contribution < -0.4 is 5.32 Å². The molecule has 0 saturated carbocycles. The smallest absolute Gasteiger partial charge is 0.270 e. The van der Waals surface area contributed by atoms with Crippen LogP contribution in [0.3, 0.4) is 0 Å². The Morgan fingerprint density at radius 2 is 1.86 bits per heavy atom. The predicted octanol–water partition coefficient (Wildman–Crippen LogP) is 5.22. The molecule has 7 nitrogen and oxygen atoms in total. The SMILES string of the molecule is CCN(CC(=O)Nc1c(Cl)cccc1Cl)C(=O)c1cc2cc([N+](=O)[O-])ccc2s1. The molecular weight excluding hydrogens is 437 g/mol. The zero-order valence-corrected chi connectivity index (χ0v) is 17.5. The lowest BCUT2D eigenvalue weighted by molar-refractivity contribution is -0.384. The highest BCUT2D eigenvalue weighted by Gasteiger charge is 2.21. The molecule has 150 valence electrons. The number of carbonyl (C=O) groups is 2. The average molecular weight is 452 g/mol. The van der Waals surface area contributed by atoms with Crippen molar-refractivity contribution < 1.29 is 14.5 Å². The molecule has 2 aromatic carbocycles. The van der Waals surface area contributed by atoms with E-state index in [4.69, 9.17) is 23.2 Å². The minimum Gasteiger partial charge on any atom is -0.329 e. The first-order chi connectivity index (χ1) is 13.8. The van der Waals surface area contributed by atoms with Gasteiger partial charge in [-0.2, -0.15) is 0 Å². The molecule has 2 amide bonds. The first kappa shape index (κ1) is 21.0. The standard InChI is InChI=1S/C19H15Cl2N3O4S/c1-2-23(10-17(25)22-18-13(20)4-3-5-14(18)21)19(26)16-9-11-8-12(24(27)28)6-7-15(11)29-16/h3-9H,2,10H2,1H3,(H,22,25). The first-order valence-electron chi connectivity index (χ1n) is 8.51. The maximum Gasteiger partial charge on any atom is 0.270 e. The van der Waals surface area contributed by atoms with Crippen LogP contribution in [0.25, 0.3) is 10.1 Å². The summed E-state index contributed by atoms with van der Waals surface area (Å²) in [7, 11) is 0. The minimum atomic E-state index is -0.485. The number of benzene rings is 2. The van der Waals surface area contributed by atoms with E-state index in [1.807, 2.05) is 0 Å². The summed E-state index contributed by atoms with van der Waals surface area (Å²) in [6, 6.07) is 10.9. The number of likely N-dealkylation sites (N-methyl/N-ethyl adjacent to an activating group) is 1. The Morgan fingerprint density at radius 1 is 1.17 bits per heavy atom. The van der Waals surface area contributed by atoms with Crippen molar-refractivity contribution in [1.82, 2.24) is 4.90 Å². The van der Waals surface area contributed by atoms with Crippen LogP contribution in [0.5, 0.6) is 0 Å². The second-order valence-corrected chi connectivity index (χ2v) is 7.95. The van der Waals surface area contributed by atoms with Gasteiger partial charge < -0.3 is 10.2 Å². The molecule has 0 aliphatic heterocycles. The Hall–Kier alpha value is -2.68. The highest BCUT2D eigenvalue weighted by Crippen LogP contribution is 2.31. The van der Waals surface area contributed by atoms with E-state index in [1.54, 1.807) is 37.3 Å². The lowest BCUT2D eigenvalue weighted by atomic mass is 10.2. The number of nitro groups is 1. The number of para-hydroxylation sites is 1. The molecular formula is C19H15Cl2N3O4S. The van der Waals surface area contributed by atoms with Crippen molar-refractivity contribution in [2.45, 2.75) is 6.92 Å². The highest BCUT2D eigenvalue weighted by atomic mass is 35.5. The Balaban J connectivity index is 1.77. The van der Waals surface area contributed by atoms with E-state index < -0.39 is 10.8 Å². The Kier molecular flexibility index (Phi) is 6.36. The van der Waals surface area contributed by atoms with Crippen molar-refractivity contribution >= 4 is 67.8 Å². The van der Waals surface area contributed by atoms with Gasteiger partial charge in [0.2, 0.25) is 5.91 Å². The molecule has 0 saturated heterocycles. The van der Waals surface area contributed by atoms with Gasteiger partial charge in [-0.1, -0.05) is 29.3 Å². The van der Waals surface area contributed by atoms with Gasteiger partial charge in [-0.25, -0.2) is 0 Å². The molecule has 3 aromatic rings. The van der Waals surface area contributed by atoms with E-state index in [-0.39, 0.29) is 18.1 Å². The average Bonchev–Trinajstić information content (AvgIpc) is 3.11. The summed E-state index contributed by atoms with van der Waals surface area (Å²) in [6.45, 7) is 1.87. The zero-order chi connectivity index (χ0) is 21.1. The number of rotatable bonds is 6. The third kappa shape index (κ3) is 4.67. The van der Waals surface area contributed by atoms with Crippen LogP contribution in [0.4, 0.5) is 11.4 Å². The van der Waals surface area contributed by atoms with Gasteiger partial charge in [0, 0.05) is 28.8 Å². The number of hydrogen-bond acceptors (Lipinski definition) is 5. The first-order valence-corrected chi connectivity index (χ1v) is 10.1. The quantitative estimate of drug-likeness (QED) is 0.410. The Bertz CT molecular complexity index is 1100. The van der Waals surface area contributed by atoms with Gasteiger partial charge in [0.05, 0.1) is 25.5 Å². The maximum absolute atomic E-state index is 12.9. The fourth-order valence-corrected chi connectivity index (χ4v) is 4.21. The summed E-state index contributed by atoms with van der Waals surface area (Å²) in [4.78, 5) is 37.5. The number of nitrogens with one attached hydrogen (secondary N) is 1. The summed E-state index contributed by atoms with van der Waals surface area (Å²) in [5.41, 5.74) is 0.246. The van der Waals surface area contributed by atoms with Gasteiger partial charge in [0.1, 0.15) is 6.54 Å². The van der Waals surface area contributed by atoms with E-state index in [1.165, 1.54) is 28.4 Å². The van der Waals surface area contributed by atoms with Crippen LogP contribution in [0.15, 0.2) is 42.5 Å². The lowest BCUT2D eigenvalue weighted by Crippen LogP contribution is -2.37. The molecule has 3 rings (SSSR count). The molecule has 0 aliphatic rings. The molecule has 10 heteroatoms. The molecule has 0 bridgehead atoms. The number of nitrogens with zero attached hydrogens (tertiary/aromatic N) is 2. The number of nitro benzene ring substituents is 1. The highest BCUT2D eigenvalue weighted by molar-refractivity contribution is 7.20. The molecule has 1 heterocycles. The van der Waals surface area contributed by atoms with Gasteiger partial charge in [-0.3, -0.25) is 19.7 Å². The van der Waals surface area contributed by atoms with Gasteiger partial charge in [0.15, 0.2) is 0 Å². The van der Waals surface area contributed by atoms with Gasteiger partial charge in [-0.05, 0) is 31.2 Å². The van der Waals surface area contributed by atoms with Crippen LogP contribution in [0, 0.1) is 10.1 Å². The summed E-state index contributed by atoms with van der Waals surface area (Å²) >= 11 is 13.3. The fraction of sp³-hybridized carbons (Fsp3) is 0.158. The van der Waals surface area contributed by atoms with E-state index in [9.17, 15) is 19.7 Å². The number of thiophene rings is 1. The largest absolute Gasteiger partial charge is 0.329 e. The normalized spacial score (nSPS) is 10.7. The number of carbonyl (C=O) groups excluding carboxylic acids is 2. The third-order valence-corrected chi connectivity index (χ3v) is 5.89. The second-order valence-electron chi connectivity index (χ2n) is 6.05. The van der Waals surface area contributed by atoms with Crippen LogP contribution in [-0.2, 0) is 4.79 Å². The summed E-state index contributed by atoms with van der Waals surface area (Å²) in [5.74, 6) is -0.774. The minimum absolute atomic E-state index is 0.0438. The maximum atomic E-state index is 12.9. The zero-order valence-electron chi connectivity index (χ0n) is 15.1. The predicted molar refractivity (Wildman–Crippen MR) is 115 cm³/mol. The van der Waals surface area contributed by atoms with Crippen molar-refractivity contribution in [3.8, 4) is 0 Å². The van der Waals surface area contributed by atoms with Crippen LogP contribution in [-0.4, -0.2) is 34.7 Å². The van der Waals surface area contributed by atoms with Crippen molar-refractivity contribution in [2.75, 3.05) is 18.4 Å². The third-order valence-electron chi connectivity index (χ3n) is 4.15. The van der Waals surface area contributed by atoms with E-state index >= 15 is 0 Å². The van der Waals surface area contributed by atoms with E-state index in [2.05, 4.69) is 5.32 Å². The summed E-state index contributed by atoms with van der Waals surface area (Å²) in [6.07, 6.45) is 0.